The molecule has 1 fully saturated rings. The second-order valence-corrected chi connectivity index (χ2v) is 8.35. The van der Waals surface area contributed by atoms with E-state index in [0.29, 0.717) is 5.92 Å². The predicted molar refractivity (Wildman–Crippen MR) is 109 cm³/mol. The normalized spacial score (nSPS) is 18.1. The van der Waals surface area contributed by atoms with E-state index in [2.05, 4.69) is 48.3 Å². The average Bonchev–Trinajstić information content (AvgIpc) is 2.98. The molecule has 0 saturated carbocycles. The summed E-state index contributed by atoms with van der Waals surface area (Å²) < 4.78 is 4.80. The molecule has 1 saturated heterocycles. The standard InChI is InChI=1S/C17H22Br2N4.ClH/c1-10-13(18)14(19)12-3-2-6-23-16(12)15(10)21-17(23)22-7-4-11(9-20)5-8-22;/h11H,2-9,20H2,1H3;1H. The fourth-order valence-corrected chi connectivity index (χ4v) is 5.09. The Morgan fingerprint density at radius 1 is 1.17 bits per heavy atom. The molecular weight excluding hydrogens is 455 g/mol. The van der Waals surface area contributed by atoms with Crippen LogP contribution >= 0.6 is 44.3 Å². The number of rotatable bonds is 2. The minimum Gasteiger partial charge on any atom is -0.342 e. The number of hydrogen-bond donors (Lipinski definition) is 1. The van der Waals surface area contributed by atoms with Gasteiger partial charge in [-0.3, -0.25) is 0 Å². The molecule has 2 aliphatic heterocycles. The first-order chi connectivity index (χ1) is 11.1. The van der Waals surface area contributed by atoms with Gasteiger partial charge in [-0.2, -0.15) is 0 Å². The van der Waals surface area contributed by atoms with Gasteiger partial charge < -0.3 is 15.2 Å². The molecule has 2 N–H and O–H groups in total. The summed E-state index contributed by atoms with van der Waals surface area (Å²) in [6.45, 7) is 6.19. The summed E-state index contributed by atoms with van der Waals surface area (Å²) >= 11 is 7.53. The van der Waals surface area contributed by atoms with Crippen LogP contribution in [0.5, 0.6) is 0 Å². The summed E-state index contributed by atoms with van der Waals surface area (Å²) in [7, 11) is 0. The summed E-state index contributed by atoms with van der Waals surface area (Å²) in [5.74, 6) is 1.84. The van der Waals surface area contributed by atoms with Crippen molar-refractivity contribution < 1.29 is 0 Å². The van der Waals surface area contributed by atoms with Crippen molar-refractivity contribution in [3.63, 3.8) is 0 Å². The molecule has 0 spiro atoms. The van der Waals surface area contributed by atoms with Crippen LogP contribution in [0.2, 0.25) is 0 Å². The van der Waals surface area contributed by atoms with Crippen LogP contribution in [-0.4, -0.2) is 29.2 Å². The molecule has 0 aliphatic carbocycles. The van der Waals surface area contributed by atoms with Crippen LogP contribution in [0.15, 0.2) is 8.95 Å². The van der Waals surface area contributed by atoms with Gasteiger partial charge >= 0.3 is 0 Å². The lowest BCUT2D eigenvalue weighted by molar-refractivity contribution is 0.408. The maximum Gasteiger partial charge on any atom is 0.206 e. The molecule has 2 aliphatic rings. The van der Waals surface area contributed by atoms with E-state index in [1.54, 1.807) is 0 Å². The Hall–Kier alpha value is -0.300. The molecule has 0 amide bonds. The maximum atomic E-state index is 5.84. The molecular formula is C17H23Br2ClN4. The smallest absolute Gasteiger partial charge is 0.206 e. The molecule has 4 rings (SSSR count). The van der Waals surface area contributed by atoms with Gasteiger partial charge in [-0.15, -0.1) is 12.4 Å². The number of halogens is 3. The topological polar surface area (TPSA) is 47.1 Å². The molecule has 132 valence electrons. The highest BCUT2D eigenvalue weighted by molar-refractivity contribution is 9.13. The van der Waals surface area contributed by atoms with Crippen molar-refractivity contribution in [3.05, 3.63) is 20.1 Å². The van der Waals surface area contributed by atoms with Crippen LogP contribution in [0.3, 0.4) is 0 Å². The van der Waals surface area contributed by atoms with E-state index >= 15 is 0 Å². The van der Waals surface area contributed by atoms with Gasteiger partial charge in [0.05, 0.1) is 11.0 Å². The van der Waals surface area contributed by atoms with Gasteiger partial charge in [-0.1, -0.05) is 0 Å². The van der Waals surface area contributed by atoms with Gasteiger partial charge in [-0.25, -0.2) is 4.98 Å². The fraction of sp³-hybridized carbons (Fsp3) is 0.588. The lowest BCUT2D eigenvalue weighted by Crippen LogP contribution is -2.37. The van der Waals surface area contributed by atoms with Crippen molar-refractivity contribution >= 4 is 61.2 Å². The molecule has 24 heavy (non-hydrogen) atoms. The number of anilines is 1. The minimum absolute atomic E-state index is 0. The Morgan fingerprint density at radius 3 is 2.54 bits per heavy atom. The number of aromatic nitrogens is 2. The second-order valence-electron chi connectivity index (χ2n) is 6.76. The zero-order valence-corrected chi connectivity index (χ0v) is 17.8. The van der Waals surface area contributed by atoms with Crippen LogP contribution in [0, 0.1) is 12.8 Å². The molecule has 0 unspecified atom stereocenters. The van der Waals surface area contributed by atoms with Crippen LogP contribution in [0.1, 0.15) is 30.4 Å². The van der Waals surface area contributed by atoms with E-state index < -0.39 is 0 Å². The average molecular weight is 479 g/mol. The third kappa shape index (κ3) is 2.79. The Balaban J connectivity index is 0.00000169. The molecule has 2 aromatic rings. The highest BCUT2D eigenvalue weighted by atomic mass is 79.9. The van der Waals surface area contributed by atoms with Crippen molar-refractivity contribution in [2.45, 2.75) is 39.2 Å². The van der Waals surface area contributed by atoms with E-state index in [1.807, 2.05) is 0 Å². The largest absolute Gasteiger partial charge is 0.342 e. The summed E-state index contributed by atoms with van der Waals surface area (Å²) in [5, 5.41) is 0. The summed E-state index contributed by atoms with van der Waals surface area (Å²) in [6.07, 6.45) is 4.66. The number of nitrogens with two attached hydrogens (primary N) is 1. The van der Waals surface area contributed by atoms with Gasteiger partial charge in [0.15, 0.2) is 0 Å². The highest BCUT2D eigenvalue weighted by Gasteiger charge is 2.28. The van der Waals surface area contributed by atoms with Gasteiger partial charge in [0.25, 0.3) is 0 Å². The van der Waals surface area contributed by atoms with Gasteiger partial charge in [-0.05, 0) is 88.1 Å². The van der Waals surface area contributed by atoms with E-state index in [-0.39, 0.29) is 12.4 Å². The lowest BCUT2D eigenvalue weighted by atomic mass is 9.97. The Morgan fingerprint density at radius 2 is 1.88 bits per heavy atom. The Bertz CT molecular complexity index is 766. The molecule has 3 heterocycles. The van der Waals surface area contributed by atoms with Crippen LogP contribution < -0.4 is 10.6 Å². The second kappa shape index (κ2) is 7.14. The van der Waals surface area contributed by atoms with Crippen LogP contribution in [0.4, 0.5) is 5.95 Å². The van der Waals surface area contributed by atoms with Crippen LogP contribution in [0.25, 0.3) is 11.0 Å². The Labute approximate surface area is 165 Å². The third-order valence-electron chi connectivity index (χ3n) is 5.41. The van der Waals surface area contributed by atoms with Crippen molar-refractivity contribution in [1.82, 2.24) is 9.55 Å². The molecule has 1 aromatic heterocycles. The zero-order chi connectivity index (χ0) is 16.1. The fourth-order valence-electron chi connectivity index (χ4n) is 3.98. The van der Waals surface area contributed by atoms with Crippen molar-refractivity contribution in [2.24, 2.45) is 11.7 Å². The molecule has 0 bridgehead atoms. The first kappa shape index (κ1) is 18.5. The van der Waals surface area contributed by atoms with Gasteiger partial charge in [0, 0.05) is 28.6 Å². The quantitative estimate of drug-likeness (QED) is 0.696. The molecule has 7 heteroatoms. The number of aryl methyl sites for hydroxylation is 3. The van der Waals surface area contributed by atoms with E-state index in [4.69, 9.17) is 10.7 Å². The molecule has 0 radical (unpaired) electrons. The van der Waals surface area contributed by atoms with Crippen molar-refractivity contribution in [2.75, 3.05) is 24.5 Å². The van der Waals surface area contributed by atoms with Crippen LogP contribution in [-0.2, 0) is 13.0 Å². The number of nitrogens with zero attached hydrogens (tertiary/aromatic N) is 3. The number of hydrogen-bond acceptors (Lipinski definition) is 3. The highest BCUT2D eigenvalue weighted by Crippen LogP contribution is 2.41. The molecule has 0 atom stereocenters. The van der Waals surface area contributed by atoms with Gasteiger partial charge in [0.1, 0.15) is 0 Å². The SMILES string of the molecule is Cc1c(Br)c(Br)c2c3c1nc(N1CCC(CN)CC1)n3CCC2.Cl. The zero-order valence-electron chi connectivity index (χ0n) is 13.8. The summed E-state index contributed by atoms with van der Waals surface area (Å²) in [6, 6.07) is 0. The third-order valence-corrected chi connectivity index (χ3v) is 7.81. The number of piperidine rings is 1. The first-order valence-corrected chi connectivity index (χ1v) is 10.0. The lowest BCUT2D eigenvalue weighted by Gasteiger charge is -2.33. The molecule has 4 nitrogen and oxygen atoms in total. The maximum absolute atomic E-state index is 5.84. The van der Waals surface area contributed by atoms with E-state index in [9.17, 15) is 0 Å². The van der Waals surface area contributed by atoms with Crippen molar-refractivity contribution in [3.8, 4) is 0 Å². The number of benzene rings is 1. The van der Waals surface area contributed by atoms with Gasteiger partial charge in [0.2, 0.25) is 5.95 Å². The van der Waals surface area contributed by atoms with Crippen molar-refractivity contribution in [1.29, 1.82) is 0 Å². The molecule has 1 aromatic carbocycles. The summed E-state index contributed by atoms with van der Waals surface area (Å²) in [5.41, 5.74) is 11.0. The minimum atomic E-state index is 0. The summed E-state index contributed by atoms with van der Waals surface area (Å²) in [4.78, 5) is 7.53. The predicted octanol–water partition coefficient (Wildman–Crippen LogP) is 4.41. The Kier molecular flexibility index (Phi) is 5.50. The monoisotopic (exact) mass is 476 g/mol. The van der Waals surface area contributed by atoms with E-state index in [0.717, 1.165) is 48.5 Å². The van der Waals surface area contributed by atoms with E-state index in [1.165, 1.54) is 40.4 Å². The number of imidazole rings is 1. The first-order valence-electron chi connectivity index (χ1n) is 8.43.